The van der Waals surface area contributed by atoms with Crippen LogP contribution >= 0.6 is 15.9 Å². The molecule has 1 atom stereocenters. The molecular weight excluding hydrogens is 316 g/mol. The molecule has 2 aliphatic rings. The average molecular weight is 341 g/mol. The first-order chi connectivity index (χ1) is 9.53. The number of aryl methyl sites for hydroxylation is 2. The summed E-state index contributed by atoms with van der Waals surface area (Å²) in [5, 5.41) is 8.35. The molecule has 1 aliphatic carbocycles. The van der Waals surface area contributed by atoms with Crippen molar-refractivity contribution in [3.8, 4) is 0 Å². The maximum Gasteiger partial charge on any atom is 0.0767 e. The van der Waals surface area contributed by atoms with E-state index in [4.69, 9.17) is 0 Å². The van der Waals surface area contributed by atoms with E-state index in [1.54, 1.807) is 0 Å². The SMILES string of the molecule is CCc1nn(C)c(CN2CCNC(C)(C3CC3)C2)c1Br. The Morgan fingerprint density at radius 2 is 2.20 bits per heavy atom. The Balaban J connectivity index is 1.72. The maximum atomic E-state index is 4.61. The molecule has 0 spiro atoms. The summed E-state index contributed by atoms with van der Waals surface area (Å²) in [5.41, 5.74) is 2.79. The molecule has 1 unspecified atom stereocenters. The Hall–Kier alpha value is -0.390. The fourth-order valence-electron chi connectivity index (χ4n) is 3.43. The van der Waals surface area contributed by atoms with E-state index in [1.807, 2.05) is 4.68 Å². The maximum absolute atomic E-state index is 4.61. The van der Waals surface area contributed by atoms with Crippen LogP contribution in [0, 0.1) is 5.92 Å². The summed E-state index contributed by atoms with van der Waals surface area (Å²) in [4.78, 5) is 2.58. The molecule has 2 heterocycles. The fourth-order valence-corrected chi connectivity index (χ4v) is 4.17. The highest BCUT2D eigenvalue weighted by Gasteiger charge is 2.43. The van der Waals surface area contributed by atoms with E-state index in [-0.39, 0.29) is 0 Å². The molecule has 0 aromatic carbocycles. The molecule has 0 bridgehead atoms. The van der Waals surface area contributed by atoms with Crippen molar-refractivity contribution in [2.24, 2.45) is 13.0 Å². The summed E-state index contributed by atoms with van der Waals surface area (Å²) < 4.78 is 3.24. The van der Waals surface area contributed by atoms with Gasteiger partial charge in [0.25, 0.3) is 0 Å². The van der Waals surface area contributed by atoms with Gasteiger partial charge in [-0.05, 0) is 48.0 Å². The van der Waals surface area contributed by atoms with Crippen LogP contribution in [0.3, 0.4) is 0 Å². The lowest BCUT2D eigenvalue weighted by Gasteiger charge is -2.42. The molecule has 1 aromatic heterocycles. The minimum atomic E-state index is 0.316. The Morgan fingerprint density at radius 3 is 2.80 bits per heavy atom. The van der Waals surface area contributed by atoms with Crippen LogP contribution in [-0.4, -0.2) is 39.9 Å². The third kappa shape index (κ3) is 2.68. The second-order valence-corrected chi connectivity index (χ2v) is 7.31. The number of nitrogens with zero attached hydrogens (tertiary/aromatic N) is 3. The lowest BCUT2D eigenvalue weighted by atomic mass is 9.93. The second kappa shape index (κ2) is 5.43. The number of halogens is 1. The zero-order valence-electron chi connectivity index (χ0n) is 12.7. The van der Waals surface area contributed by atoms with Crippen molar-refractivity contribution >= 4 is 15.9 Å². The zero-order chi connectivity index (χ0) is 14.3. The smallest absolute Gasteiger partial charge is 0.0767 e. The Labute approximate surface area is 130 Å². The van der Waals surface area contributed by atoms with Crippen LogP contribution < -0.4 is 5.32 Å². The van der Waals surface area contributed by atoms with Gasteiger partial charge in [0.15, 0.2) is 0 Å². The first-order valence-corrected chi connectivity index (χ1v) is 8.50. The monoisotopic (exact) mass is 340 g/mol. The van der Waals surface area contributed by atoms with Crippen molar-refractivity contribution in [1.29, 1.82) is 0 Å². The lowest BCUT2D eigenvalue weighted by molar-refractivity contribution is 0.119. The average Bonchev–Trinajstić information content (AvgIpc) is 3.23. The van der Waals surface area contributed by atoms with Crippen molar-refractivity contribution < 1.29 is 0 Å². The minimum Gasteiger partial charge on any atom is -0.309 e. The third-order valence-corrected chi connectivity index (χ3v) is 5.78. The molecule has 3 rings (SSSR count). The van der Waals surface area contributed by atoms with Gasteiger partial charge in [-0.15, -0.1) is 0 Å². The minimum absolute atomic E-state index is 0.316. The Kier molecular flexibility index (Phi) is 3.95. The van der Waals surface area contributed by atoms with Gasteiger partial charge in [0.05, 0.1) is 15.9 Å². The molecule has 2 fully saturated rings. The van der Waals surface area contributed by atoms with Crippen LogP contribution in [0.4, 0.5) is 0 Å². The van der Waals surface area contributed by atoms with Gasteiger partial charge in [0, 0.05) is 38.8 Å². The summed E-state index contributed by atoms with van der Waals surface area (Å²) in [6, 6.07) is 0. The second-order valence-electron chi connectivity index (χ2n) is 6.51. The molecular formula is C15H25BrN4. The molecule has 1 aromatic rings. The number of nitrogens with one attached hydrogen (secondary N) is 1. The van der Waals surface area contributed by atoms with Gasteiger partial charge < -0.3 is 5.32 Å². The van der Waals surface area contributed by atoms with Crippen molar-refractivity contribution in [2.75, 3.05) is 19.6 Å². The van der Waals surface area contributed by atoms with E-state index in [0.29, 0.717) is 5.54 Å². The number of rotatable bonds is 4. The summed E-state index contributed by atoms with van der Waals surface area (Å²) in [7, 11) is 2.06. The molecule has 4 nitrogen and oxygen atoms in total. The van der Waals surface area contributed by atoms with Crippen LogP contribution in [-0.2, 0) is 20.0 Å². The molecule has 1 saturated carbocycles. The third-order valence-electron chi connectivity index (χ3n) is 4.86. The first-order valence-electron chi connectivity index (χ1n) is 7.71. The van der Waals surface area contributed by atoms with Crippen molar-refractivity contribution in [2.45, 2.75) is 45.2 Å². The summed E-state index contributed by atoms with van der Waals surface area (Å²) >= 11 is 3.73. The highest BCUT2D eigenvalue weighted by atomic mass is 79.9. The van der Waals surface area contributed by atoms with Crippen LogP contribution in [0.2, 0.25) is 0 Å². The summed E-state index contributed by atoms with van der Waals surface area (Å²) in [6.07, 6.45) is 3.77. The molecule has 0 amide bonds. The normalized spacial score (nSPS) is 28.0. The van der Waals surface area contributed by atoms with Gasteiger partial charge in [-0.3, -0.25) is 9.58 Å². The fraction of sp³-hybridized carbons (Fsp3) is 0.800. The number of piperazine rings is 1. The predicted octanol–water partition coefficient (Wildman–Crippen LogP) is 2.32. The molecule has 1 saturated heterocycles. The number of hydrogen-bond donors (Lipinski definition) is 1. The van der Waals surface area contributed by atoms with E-state index in [1.165, 1.54) is 28.7 Å². The first kappa shape index (κ1) is 14.5. The summed E-state index contributed by atoms with van der Waals surface area (Å²) in [6.45, 7) is 8.92. The van der Waals surface area contributed by atoms with E-state index < -0.39 is 0 Å². The van der Waals surface area contributed by atoms with Crippen LogP contribution in [0.1, 0.15) is 38.1 Å². The van der Waals surface area contributed by atoms with Gasteiger partial charge >= 0.3 is 0 Å². The van der Waals surface area contributed by atoms with Crippen molar-refractivity contribution in [3.05, 3.63) is 15.9 Å². The van der Waals surface area contributed by atoms with E-state index in [0.717, 1.165) is 38.5 Å². The highest BCUT2D eigenvalue weighted by Crippen LogP contribution is 2.41. The predicted molar refractivity (Wildman–Crippen MR) is 84.7 cm³/mol. The van der Waals surface area contributed by atoms with Crippen LogP contribution in [0.15, 0.2) is 4.47 Å². The topological polar surface area (TPSA) is 33.1 Å². The van der Waals surface area contributed by atoms with Crippen molar-refractivity contribution in [3.63, 3.8) is 0 Å². The largest absolute Gasteiger partial charge is 0.309 e. The molecule has 1 N–H and O–H groups in total. The quantitative estimate of drug-likeness (QED) is 0.912. The van der Waals surface area contributed by atoms with Crippen LogP contribution in [0.5, 0.6) is 0 Å². The van der Waals surface area contributed by atoms with Gasteiger partial charge in [-0.25, -0.2) is 0 Å². The molecule has 5 heteroatoms. The molecule has 112 valence electrons. The van der Waals surface area contributed by atoms with E-state index >= 15 is 0 Å². The van der Waals surface area contributed by atoms with Gasteiger partial charge in [0.2, 0.25) is 0 Å². The van der Waals surface area contributed by atoms with Gasteiger partial charge in [-0.2, -0.15) is 5.10 Å². The molecule has 0 radical (unpaired) electrons. The Morgan fingerprint density at radius 1 is 1.45 bits per heavy atom. The molecule has 20 heavy (non-hydrogen) atoms. The van der Waals surface area contributed by atoms with E-state index in [2.05, 4.69) is 52.1 Å². The van der Waals surface area contributed by atoms with Crippen molar-refractivity contribution in [1.82, 2.24) is 20.0 Å². The lowest BCUT2D eigenvalue weighted by Crippen LogP contribution is -2.59. The number of aromatic nitrogens is 2. The number of hydrogen-bond acceptors (Lipinski definition) is 3. The van der Waals surface area contributed by atoms with E-state index in [9.17, 15) is 0 Å². The van der Waals surface area contributed by atoms with Gasteiger partial charge in [0.1, 0.15) is 0 Å². The standard InChI is InChI=1S/C15H25BrN4/c1-4-12-14(16)13(19(3)18-12)9-20-8-7-17-15(2,10-20)11-5-6-11/h11,17H,4-10H2,1-3H3. The highest BCUT2D eigenvalue weighted by molar-refractivity contribution is 9.10. The Bertz CT molecular complexity index is 494. The molecule has 1 aliphatic heterocycles. The zero-order valence-corrected chi connectivity index (χ0v) is 14.3. The van der Waals surface area contributed by atoms with Crippen LogP contribution in [0.25, 0.3) is 0 Å². The van der Waals surface area contributed by atoms with Gasteiger partial charge in [-0.1, -0.05) is 6.92 Å². The summed E-state index contributed by atoms with van der Waals surface area (Å²) in [5.74, 6) is 0.881.